The number of hydrogen-bond acceptors (Lipinski definition) is 4. The number of aryl methyl sites for hydroxylation is 2. The van der Waals surface area contributed by atoms with Gasteiger partial charge in [-0.05, 0) is 37.6 Å². The molecule has 4 rings (SSSR count). The molecule has 3 heterocycles. The van der Waals surface area contributed by atoms with Gasteiger partial charge in [-0.1, -0.05) is 23.3 Å². The van der Waals surface area contributed by atoms with Crippen LogP contribution < -0.4 is 0 Å². The van der Waals surface area contributed by atoms with Crippen LogP contribution in [0.25, 0.3) is 0 Å². The summed E-state index contributed by atoms with van der Waals surface area (Å²) in [7, 11) is 0. The Morgan fingerprint density at radius 1 is 1.23 bits per heavy atom. The van der Waals surface area contributed by atoms with E-state index in [1.165, 1.54) is 5.56 Å². The van der Waals surface area contributed by atoms with Crippen LogP contribution in [0.1, 0.15) is 27.0 Å². The van der Waals surface area contributed by atoms with Crippen molar-refractivity contribution in [2.75, 3.05) is 26.2 Å². The molecule has 5 heteroatoms. The fourth-order valence-electron chi connectivity index (χ4n) is 4.13. The summed E-state index contributed by atoms with van der Waals surface area (Å²) in [5.74, 6) is 0.108. The molecule has 2 aliphatic heterocycles. The van der Waals surface area contributed by atoms with Crippen molar-refractivity contribution in [3.05, 3.63) is 65.0 Å². The number of nitrogens with zero attached hydrogens (tertiary/aromatic N) is 3. The van der Waals surface area contributed by atoms with E-state index in [1.54, 1.807) is 6.20 Å². The first-order valence-corrected chi connectivity index (χ1v) is 9.22. The molecule has 0 N–H and O–H groups in total. The molecule has 2 saturated heterocycles. The second-order valence-electron chi connectivity index (χ2n) is 7.39. The monoisotopic (exact) mass is 351 g/mol. The molecule has 26 heavy (non-hydrogen) atoms. The molecule has 2 aromatic rings. The van der Waals surface area contributed by atoms with Crippen LogP contribution in [-0.2, 0) is 11.3 Å². The summed E-state index contributed by atoms with van der Waals surface area (Å²) in [4.78, 5) is 21.6. The van der Waals surface area contributed by atoms with Crippen molar-refractivity contribution in [3.63, 3.8) is 0 Å². The van der Waals surface area contributed by atoms with Crippen LogP contribution in [0.2, 0.25) is 0 Å². The third kappa shape index (κ3) is 3.50. The number of rotatable bonds is 3. The van der Waals surface area contributed by atoms with E-state index in [0.29, 0.717) is 13.2 Å². The van der Waals surface area contributed by atoms with E-state index in [1.807, 2.05) is 43.1 Å². The zero-order chi connectivity index (χ0) is 18.1. The first kappa shape index (κ1) is 17.2. The van der Waals surface area contributed by atoms with Crippen molar-refractivity contribution in [1.29, 1.82) is 0 Å². The van der Waals surface area contributed by atoms with Crippen molar-refractivity contribution < 1.29 is 9.53 Å². The summed E-state index contributed by atoms with van der Waals surface area (Å²) >= 11 is 0. The highest BCUT2D eigenvalue weighted by Crippen LogP contribution is 2.26. The number of carbonyl (C=O) groups excluding carboxylic acids is 1. The minimum absolute atomic E-state index is 0.0928. The number of fused-ring (bicyclic) bond motifs is 1. The number of amides is 1. The van der Waals surface area contributed by atoms with Gasteiger partial charge in [0.05, 0.1) is 18.8 Å². The SMILES string of the molecule is Cc1cc(C)cc(C(=O)N2CC3OCCN(Cc4cccnc4)C3C2)c1. The van der Waals surface area contributed by atoms with E-state index in [2.05, 4.69) is 22.0 Å². The van der Waals surface area contributed by atoms with Gasteiger partial charge in [-0.15, -0.1) is 0 Å². The zero-order valence-corrected chi connectivity index (χ0v) is 15.4. The predicted molar refractivity (Wildman–Crippen MR) is 100.0 cm³/mol. The van der Waals surface area contributed by atoms with Crippen molar-refractivity contribution in [1.82, 2.24) is 14.8 Å². The lowest BCUT2D eigenvalue weighted by Gasteiger charge is -2.36. The number of benzene rings is 1. The number of carbonyl (C=O) groups is 1. The van der Waals surface area contributed by atoms with Crippen LogP contribution in [0.3, 0.4) is 0 Å². The molecule has 5 nitrogen and oxygen atoms in total. The van der Waals surface area contributed by atoms with Gasteiger partial charge in [0.25, 0.3) is 5.91 Å². The fraction of sp³-hybridized carbons (Fsp3) is 0.429. The predicted octanol–water partition coefficient (Wildman–Crippen LogP) is 2.42. The Hall–Kier alpha value is -2.24. The molecule has 2 fully saturated rings. The largest absolute Gasteiger partial charge is 0.373 e. The normalized spacial score (nSPS) is 23.1. The summed E-state index contributed by atoms with van der Waals surface area (Å²) in [6.45, 7) is 7.91. The maximum atomic E-state index is 13.0. The zero-order valence-electron chi connectivity index (χ0n) is 15.4. The van der Waals surface area contributed by atoms with Crippen molar-refractivity contribution >= 4 is 5.91 Å². The highest BCUT2D eigenvalue weighted by molar-refractivity contribution is 5.95. The summed E-state index contributed by atoms with van der Waals surface area (Å²) < 4.78 is 5.98. The second-order valence-corrected chi connectivity index (χ2v) is 7.39. The van der Waals surface area contributed by atoms with Gasteiger partial charge >= 0.3 is 0 Å². The van der Waals surface area contributed by atoms with Gasteiger partial charge in [0.15, 0.2) is 0 Å². The van der Waals surface area contributed by atoms with Crippen LogP contribution in [-0.4, -0.2) is 59.1 Å². The van der Waals surface area contributed by atoms with E-state index < -0.39 is 0 Å². The highest BCUT2D eigenvalue weighted by Gasteiger charge is 2.41. The van der Waals surface area contributed by atoms with Crippen molar-refractivity contribution in [2.24, 2.45) is 0 Å². The highest BCUT2D eigenvalue weighted by atomic mass is 16.5. The molecule has 0 spiro atoms. The van der Waals surface area contributed by atoms with Crippen LogP contribution in [0.4, 0.5) is 0 Å². The smallest absolute Gasteiger partial charge is 0.254 e. The average molecular weight is 351 g/mol. The molecule has 2 atom stereocenters. The standard InChI is InChI=1S/C21H25N3O2/c1-15-8-16(2)10-18(9-15)21(25)24-13-19-20(14-24)26-7-6-23(19)12-17-4-3-5-22-11-17/h3-5,8-11,19-20H,6-7,12-14H2,1-2H3. The lowest BCUT2D eigenvalue weighted by molar-refractivity contribution is -0.0503. The van der Waals surface area contributed by atoms with Crippen molar-refractivity contribution in [2.45, 2.75) is 32.5 Å². The maximum Gasteiger partial charge on any atom is 0.254 e. The minimum Gasteiger partial charge on any atom is -0.373 e. The molecule has 136 valence electrons. The molecular weight excluding hydrogens is 326 g/mol. The Kier molecular flexibility index (Phi) is 4.74. The van der Waals surface area contributed by atoms with Crippen molar-refractivity contribution in [3.8, 4) is 0 Å². The topological polar surface area (TPSA) is 45.7 Å². The Morgan fingerprint density at radius 3 is 2.77 bits per heavy atom. The van der Waals surface area contributed by atoms with E-state index in [0.717, 1.165) is 36.3 Å². The number of morpholine rings is 1. The Labute approximate surface area is 154 Å². The van der Waals surface area contributed by atoms with E-state index in [-0.39, 0.29) is 18.1 Å². The van der Waals surface area contributed by atoms with Crippen LogP contribution in [0, 0.1) is 13.8 Å². The molecule has 2 aliphatic rings. The summed E-state index contributed by atoms with van der Waals surface area (Å²) in [5, 5.41) is 0. The van der Waals surface area contributed by atoms with Gasteiger partial charge < -0.3 is 9.64 Å². The van der Waals surface area contributed by atoms with Gasteiger partial charge in [0.2, 0.25) is 0 Å². The average Bonchev–Trinajstić information content (AvgIpc) is 3.06. The molecular formula is C21H25N3O2. The molecule has 1 amide bonds. The van der Waals surface area contributed by atoms with Crippen LogP contribution >= 0.6 is 0 Å². The molecule has 0 aliphatic carbocycles. The third-order valence-corrected chi connectivity index (χ3v) is 5.28. The first-order valence-electron chi connectivity index (χ1n) is 9.22. The van der Waals surface area contributed by atoms with Gasteiger partial charge in [-0.3, -0.25) is 14.7 Å². The molecule has 1 aromatic carbocycles. The third-order valence-electron chi connectivity index (χ3n) is 5.28. The molecule has 0 radical (unpaired) electrons. The molecule has 2 unspecified atom stereocenters. The fourth-order valence-corrected chi connectivity index (χ4v) is 4.13. The Morgan fingerprint density at radius 2 is 2.04 bits per heavy atom. The van der Waals surface area contributed by atoms with Gasteiger partial charge in [-0.2, -0.15) is 0 Å². The molecule has 0 bridgehead atoms. The molecule has 1 aromatic heterocycles. The number of aromatic nitrogens is 1. The number of pyridine rings is 1. The van der Waals surface area contributed by atoms with Gasteiger partial charge in [-0.25, -0.2) is 0 Å². The molecule has 0 saturated carbocycles. The van der Waals surface area contributed by atoms with Crippen LogP contribution in [0.5, 0.6) is 0 Å². The summed E-state index contributed by atoms with van der Waals surface area (Å²) in [5.41, 5.74) is 4.23. The van der Waals surface area contributed by atoms with Gasteiger partial charge in [0.1, 0.15) is 0 Å². The van der Waals surface area contributed by atoms with Gasteiger partial charge in [0, 0.05) is 44.1 Å². The summed E-state index contributed by atoms with van der Waals surface area (Å²) in [6.07, 6.45) is 3.80. The number of hydrogen-bond donors (Lipinski definition) is 0. The van der Waals surface area contributed by atoms with E-state index >= 15 is 0 Å². The first-order chi connectivity index (χ1) is 12.6. The number of likely N-dealkylation sites (tertiary alicyclic amines) is 1. The second kappa shape index (κ2) is 7.17. The Bertz CT molecular complexity index is 773. The number of ether oxygens (including phenoxy) is 1. The minimum atomic E-state index is 0.0928. The lowest BCUT2D eigenvalue weighted by Crippen LogP contribution is -2.50. The van der Waals surface area contributed by atoms with E-state index in [9.17, 15) is 4.79 Å². The maximum absolute atomic E-state index is 13.0. The van der Waals surface area contributed by atoms with Crippen LogP contribution in [0.15, 0.2) is 42.7 Å². The van der Waals surface area contributed by atoms with E-state index in [4.69, 9.17) is 4.74 Å². The lowest BCUT2D eigenvalue weighted by atomic mass is 10.1. The summed E-state index contributed by atoms with van der Waals surface area (Å²) in [6, 6.07) is 10.4. The quantitative estimate of drug-likeness (QED) is 0.852. The Balaban J connectivity index is 1.49.